The SMILES string of the molecule is CCC(CC)C(=O)/C=C(\O)C(CC)CC.Cc1c([Si](C)(C)c2ccccc2)sc2c(-c3[c-]c4ccccc4c([Si](C)(C)C)c3)ncnc12.[Ir]. The van der Waals surface area contributed by atoms with Crippen LogP contribution in [0, 0.1) is 24.8 Å². The molecule has 4 nitrogen and oxygen atoms in total. The third-order valence-corrected chi connectivity index (χ3v) is 17.9. The first-order chi connectivity index (χ1) is 22.8. The van der Waals surface area contributed by atoms with Crippen LogP contribution in [-0.4, -0.2) is 37.0 Å². The maximum absolute atomic E-state index is 11.7. The van der Waals surface area contributed by atoms with Crippen molar-refractivity contribution in [1.82, 2.24) is 9.97 Å². The second-order valence-corrected chi connectivity index (χ2v) is 25.1. The van der Waals surface area contributed by atoms with Gasteiger partial charge in [0.05, 0.1) is 19.3 Å². The van der Waals surface area contributed by atoms with E-state index in [9.17, 15) is 9.90 Å². The molecule has 0 atom stereocenters. The molecule has 0 bridgehead atoms. The Morgan fingerprint density at radius 1 is 0.878 bits per heavy atom. The standard InChI is InChI=1S/C28H29N2SSi2.C13H24O2.Ir/c1-19-25-27(31-28(19)33(5,6)22-13-8-7-9-14-22)26(30-18-29-25)21-16-20-12-10-11-15-23(20)24(17-21)32(2,3)4;1-5-10(6-2)12(14)9-13(15)11(7-3)8-4;/h7-15,17-18H,1-6H3;9-11,14H,5-8H2,1-4H3;/q-1;;/b;12-9-;. The number of fused-ring (bicyclic) bond motifs is 2. The molecule has 2 aromatic heterocycles. The van der Waals surface area contributed by atoms with Crippen molar-refractivity contribution in [2.75, 3.05) is 0 Å². The minimum absolute atomic E-state index is 0. The van der Waals surface area contributed by atoms with Gasteiger partial charge in [-0.3, -0.25) is 9.78 Å². The van der Waals surface area contributed by atoms with E-state index in [0.29, 0.717) is 0 Å². The summed E-state index contributed by atoms with van der Waals surface area (Å²) < 4.78 is 2.67. The topological polar surface area (TPSA) is 63.1 Å². The number of aromatic nitrogens is 2. The molecule has 49 heavy (non-hydrogen) atoms. The van der Waals surface area contributed by atoms with Gasteiger partial charge in [0.2, 0.25) is 0 Å². The number of aryl methyl sites for hydroxylation is 1. The molecule has 0 unspecified atom stereocenters. The molecule has 0 fully saturated rings. The quantitative estimate of drug-likeness (QED) is 0.0622. The third-order valence-electron chi connectivity index (χ3n) is 9.69. The number of hydrogen-bond acceptors (Lipinski definition) is 5. The Morgan fingerprint density at radius 2 is 1.47 bits per heavy atom. The molecule has 1 N–H and O–H groups in total. The van der Waals surface area contributed by atoms with Crippen LogP contribution in [0.1, 0.15) is 58.9 Å². The van der Waals surface area contributed by atoms with Crippen LogP contribution < -0.4 is 14.9 Å². The van der Waals surface area contributed by atoms with Gasteiger partial charge in [0.15, 0.2) is 5.78 Å². The van der Waals surface area contributed by atoms with E-state index < -0.39 is 16.1 Å². The zero-order valence-electron chi connectivity index (χ0n) is 30.9. The zero-order valence-corrected chi connectivity index (χ0v) is 36.1. The number of thiophene rings is 1. The van der Waals surface area contributed by atoms with Gasteiger partial charge in [-0.25, -0.2) is 4.98 Å². The molecular weight excluding hydrogens is 833 g/mol. The van der Waals surface area contributed by atoms with Crippen molar-refractivity contribution in [1.29, 1.82) is 0 Å². The number of rotatable bonds is 11. The molecule has 5 rings (SSSR count). The number of allylic oxidation sites excluding steroid dienone is 2. The van der Waals surface area contributed by atoms with E-state index in [4.69, 9.17) is 9.97 Å². The van der Waals surface area contributed by atoms with Gasteiger partial charge < -0.3 is 5.11 Å². The summed E-state index contributed by atoms with van der Waals surface area (Å²) in [6, 6.07) is 25.7. The van der Waals surface area contributed by atoms with E-state index >= 15 is 0 Å². The van der Waals surface area contributed by atoms with Crippen molar-refractivity contribution in [3.8, 4) is 11.3 Å². The fraction of sp³-hybridized carbons (Fsp3) is 0.390. The Morgan fingerprint density at radius 3 is 2.06 bits per heavy atom. The monoisotopic (exact) mass is 886 g/mol. The van der Waals surface area contributed by atoms with Crippen molar-refractivity contribution in [3.63, 3.8) is 0 Å². The summed E-state index contributed by atoms with van der Waals surface area (Å²) in [4.78, 5) is 21.3. The van der Waals surface area contributed by atoms with Crippen molar-refractivity contribution >= 4 is 69.1 Å². The van der Waals surface area contributed by atoms with Crippen LogP contribution in [0.5, 0.6) is 0 Å². The molecule has 0 aliphatic carbocycles. The summed E-state index contributed by atoms with van der Waals surface area (Å²) in [5.41, 5.74) is 4.51. The molecule has 0 saturated heterocycles. The molecule has 263 valence electrons. The largest absolute Gasteiger partial charge is 0.512 e. The Bertz CT molecular complexity index is 1890. The van der Waals surface area contributed by atoms with Gasteiger partial charge in [-0.1, -0.05) is 125 Å². The van der Waals surface area contributed by atoms with Gasteiger partial charge >= 0.3 is 0 Å². The van der Waals surface area contributed by atoms with E-state index in [1.54, 1.807) is 6.33 Å². The fourth-order valence-corrected chi connectivity index (χ4v) is 13.2. The van der Waals surface area contributed by atoms with Crippen LogP contribution in [0.25, 0.3) is 32.2 Å². The van der Waals surface area contributed by atoms with Gasteiger partial charge in [-0.05, 0) is 38.2 Å². The minimum Gasteiger partial charge on any atom is -0.512 e. The predicted octanol–water partition coefficient (Wildman–Crippen LogP) is 9.86. The van der Waals surface area contributed by atoms with E-state index in [-0.39, 0.29) is 43.5 Å². The second kappa shape index (κ2) is 17.5. The van der Waals surface area contributed by atoms with Crippen molar-refractivity contribution in [2.24, 2.45) is 11.8 Å². The maximum Gasteiger partial charge on any atom is 0.162 e. The number of benzene rings is 3. The molecule has 3 aromatic carbocycles. The summed E-state index contributed by atoms with van der Waals surface area (Å²) >= 11 is 1.89. The summed E-state index contributed by atoms with van der Waals surface area (Å²) in [5, 5.41) is 15.2. The maximum atomic E-state index is 11.7. The number of nitrogens with zero attached hydrogens (tertiary/aromatic N) is 2. The van der Waals surface area contributed by atoms with Crippen LogP contribution in [0.15, 0.2) is 78.8 Å². The molecular formula is C41H53IrN2O2SSi2-. The fourth-order valence-electron chi connectivity index (χ4n) is 6.56. The van der Waals surface area contributed by atoms with Crippen LogP contribution in [0.2, 0.25) is 32.7 Å². The minimum atomic E-state index is -1.84. The number of ketones is 1. The van der Waals surface area contributed by atoms with Gasteiger partial charge in [0.1, 0.15) is 14.4 Å². The smallest absolute Gasteiger partial charge is 0.162 e. The molecule has 8 heteroatoms. The molecule has 5 aromatic rings. The number of carbonyl (C=O) groups is 1. The molecule has 0 aliphatic rings. The number of carbonyl (C=O) groups excluding carboxylic acids is 1. The van der Waals surface area contributed by atoms with Gasteiger partial charge in [0, 0.05) is 52.9 Å². The van der Waals surface area contributed by atoms with Gasteiger partial charge in [0.25, 0.3) is 0 Å². The summed E-state index contributed by atoms with van der Waals surface area (Å²) in [7, 11) is -3.41. The Balaban J connectivity index is 0.000000347. The Hall–Kier alpha value is -2.75. The van der Waals surface area contributed by atoms with Crippen molar-refractivity contribution < 1.29 is 30.0 Å². The van der Waals surface area contributed by atoms with Gasteiger partial charge in [-0.15, -0.1) is 40.1 Å². The summed E-state index contributed by atoms with van der Waals surface area (Å²) in [5.74, 6) is 0.547. The van der Waals surface area contributed by atoms with Crippen LogP contribution in [0.4, 0.5) is 0 Å². The van der Waals surface area contributed by atoms with Crippen LogP contribution in [-0.2, 0) is 24.9 Å². The van der Waals surface area contributed by atoms with Crippen LogP contribution >= 0.6 is 11.3 Å². The van der Waals surface area contributed by atoms with Crippen LogP contribution in [0.3, 0.4) is 0 Å². The Labute approximate surface area is 313 Å². The van der Waals surface area contributed by atoms with Crippen molar-refractivity contribution in [2.45, 2.75) is 93.0 Å². The van der Waals surface area contributed by atoms with Crippen molar-refractivity contribution in [3.05, 3.63) is 90.5 Å². The number of aliphatic hydroxyl groups is 1. The Kier molecular flexibility index (Phi) is 14.5. The number of aliphatic hydroxyl groups excluding tert-OH is 1. The molecule has 0 amide bonds. The first-order valence-electron chi connectivity index (χ1n) is 17.5. The number of hydrogen-bond donors (Lipinski definition) is 1. The average Bonchev–Trinajstić information content (AvgIpc) is 3.42. The first-order valence-corrected chi connectivity index (χ1v) is 24.8. The van der Waals surface area contributed by atoms with Gasteiger partial charge in [-0.2, -0.15) is 0 Å². The molecule has 0 aliphatic heterocycles. The predicted molar refractivity (Wildman–Crippen MR) is 214 cm³/mol. The van der Waals surface area contributed by atoms with E-state index in [1.807, 2.05) is 39.0 Å². The van der Waals surface area contributed by atoms with E-state index in [0.717, 1.165) is 42.5 Å². The average molecular weight is 886 g/mol. The molecule has 0 spiro atoms. The zero-order chi connectivity index (χ0) is 35.2. The molecule has 2 heterocycles. The third kappa shape index (κ3) is 9.14. The van der Waals surface area contributed by atoms with E-state index in [1.165, 1.54) is 42.0 Å². The first kappa shape index (κ1) is 40.7. The molecule has 1 radical (unpaired) electrons. The summed E-state index contributed by atoms with van der Waals surface area (Å²) in [6.07, 6.45) is 6.64. The normalized spacial score (nSPS) is 12.3. The molecule has 0 saturated carbocycles. The summed E-state index contributed by atoms with van der Waals surface area (Å²) in [6.45, 7) is 22.4. The second-order valence-electron chi connectivity index (χ2n) is 14.3. The van der Waals surface area contributed by atoms with E-state index in [2.05, 4.69) is 106 Å².